The third-order valence-electron chi connectivity index (χ3n) is 5.84. The van der Waals surface area contributed by atoms with Crippen molar-refractivity contribution < 1.29 is 37.7 Å². The van der Waals surface area contributed by atoms with Gasteiger partial charge in [0, 0.05) is 11.6 Å². The van der Waals surface area contributed by atoms with E-state index in [4.69, 9.17) is 14.2 Å². The smallest absolute Gasteiger partial charge is 0.300 e. The summed E-state index contributed by atoms with van der Waals surface area (Å²) in [5, 5.41) is 11.3. The average Bonchev–Trinajstić information content (AvgIpc) is 3.14. The molecule has 1 unspecified atom stereocenters. The average molecular weight is 510 g/mol. The van der Waals surface area contributed by atoms with E-state index in [1.54, 1.807) is 50.2 Å². The zero-order valence-corrected chi connectivity index (χ0v) is 20.5. The molecule has 1 heterocycles. The zero-order chi connectivity index (χ0) is 26.7. The number of carbonyl (C=O) groups excluding carboxylic acids is 2. The molecule has 0 bridgehead atoms. The van der Waals surface area contributed by atoms with Crippen LogP contribution in [-0.4, -0.2) is 37.1 Å². The molecule has 3 aromatic carbocycles. The summed E-state index contributed by atoms with van der Waals surface area (Å²) in [6.45, 7) is 4.26. The van der Waals surface area contributed by atoms with Crippen molar-refractivity contribution in [3.63, 3.8) is 0 Å². The van der Waals surface area contributed by atoms with Gasteiger partial charge in [-0.15, -0.1) is 0 Å². The molecule has 0 aliphatic carbocycles. The highest BCUT2D eigenvalue weighted by Gasteiger charge is 2.48. The number of ketones is 1. The van der Waals surface area contributed by atoms with Crippen molar-refractivity contribution in [1.82, 2.24) is 0 Å². The second-order valence-corrected chi connectivity index (χ2v) is 8.07. The van der Waals surface area contributed by atoms with E-state index in [9.17, 15) is 23.5 Å². The lowest BCUT2D eigenvalue weighted by Gasteiger charge is -2.26. The van der Waals surface area contributed by atoms with Crippen molar-refractivity contribution in [1.29, 1.82) is 0 Å². The predicted octanol–water partition coefficient (Wildman–Crippen LogP) is 5.40. The van der Waals surface area contributed by atoms with E-state index in [1.807, 2.05) is 0 Å². The zero-order valence-electron chi connectivity index (χ0n) is 20.5. The number of anilines is 1. The molecule has 1 N–H and O–H groups in total. The molecule has 0 spiro atoms. The summed E-state index contributed by atoms with van der Waals surface area (Å²) in [6.07, 6.45) is 0. The molecule has 192 valence electrons. The molecule has 1 atom stereocenters. The van der Waals surface area contributed by atoms with Crippen LogP contribution in [0, 0.1) is 11.6 Å². The third-order valence-corrected chi connectivity index (χ3v) is 5.84. The van der Waals surface area contributed by atoms with E-state index >= 15 is 0 Å². The highest BCUT2D eigenvalue weighted by atomic mass is 19.1. The summed E-state index contributed by atoms with van der Waals surface area (Å²) in [4.78, 5) is 27.5. The fourth-order valence-corrected chi connectivity index (χ4v) is 4.26. The van der Waals surface area contributed by atoms with Crippen molar-refractivity contribution in [2.24, 2.45) is 0 Å². The number of halogens is 2. The lowest BCUT2D eigenvalue weighted by molar-refractivity contribution is -0.132. The monoisotopic (exact) mass is 509 g/mol. The Morgan fingerprint density at radius 2 is 1.70 bits per heavy atom. The van der Waals surface area contributed by atoms with Gasteiger partial charge in [-0.05, 0) is 55.8 Å². The molecule has 1 saturated heterocycles. The summed E-state index contributed by atoms with van der Waals surface area (Å²) in [7, 11) is 1.46. The molecule has 1 aliphatic heterocycles. The maximum Gasteiger partial charge on any atom is 0.300 e. The van der Waals surface area contributed by atoms with Gasteiger partial charge in [0.2, 0.25) is 0 Å². The Morgan fingerprint density at radius 3 is 2.38 bits per heavy atom. The van der Waals surface area contributed by atoms with Crippen molar-refractivity contribution in [3.8, 4) is 17.2 Å². The number of rotatable bonds is 8. The van der Waals surface area contributed by atoms with Gasteiger partial charge in [0.05, 0.1) is 37.6 Å². The highest BCUT2D eigenvalue weighted by molar-refractivity contribution is 6.51. The topological polar surface area (TPSA) is 85.3 Å². The fraction of sp³-hybridized carbons (Fsp3) is 0.214. The summed E-state index contributed by atoms with van der Waals surface area (Å²) >= 11 is 0. The first-order valence-electron chi connectivity index (χ1n) is 11.6. The SMILES string of the molecule is CCOc1cccc(/C(O)=C2\C(=O)C(=O)N(c3ccc(F)cc3F)C2c2ccc(OC)c(OCC)c2)c1. The molecule has 7 nitrogen and oxygen atoms in total. The van der Waals surface area contributed by atoms with E-state index in [-0.39, 0.29) is 16.8 Å². The van der Waals surface area contributed by atoms with Crippen LogP contribution in [0.5, 0.6) is 17.2 Å². The minimum Gasteiger partial charge on any atom is -0.507 e. The van der Waals surface area contributed by atoms with Gasteiger partial charge in [0.25, 0.3) is 11.7 Å². The van der Waals surface area contributed by atoms with Crippen LogP contribution in [0.1, 0.15) is 31.0 Å². The predicted molar refractivity (Wildman–Crippen MR) is 133 cm³/mol. The molecule has 1 amide bonds. The highest BCUT2D eigenvalue weighted by Crippen LogP contribution is 2.45. The van der Waals surface area contributed by atoms with Crippen LogP contribution in [0.3, 0.4) is 0 Å². The second-order valence-electron chi connectivity index (χ2n) is 8.07. The Bertz CT molecular complexity index is 1390. The van der Waals surface area contributed by atoms with Crippen LogP contribution in [0.4, 0.5) is 14.5 Å². The van der Waals surface area contributed by atoms with Crippen molar-refractivity contribution in [3.05, 3.63) is 89.0 Å². The second kappa shape index (κ2) is 10.7. The Labute approximate surface area is 212 Å². The van der Waals surface area contributed by atoms with Crippen LogP contribution in [0.2, 0.25) is 0 Å². The molecule has 0 saturated carbocycles. The maximum absolute atomic E-state index is 14.9. The summed E-state index contributed by atoms with van der Waals surface area (Å²) < 4.78 is 45.1. The quantitative estimate of drug-likeness (QED) is 0.249. The Balaban J connectivity index is 1.97. The van der Waals surface area contributed by atoms with Gasteiger partial charge in [-0.25, -0.2) is 8.78 Å². The summed E-state index contributed by atoms with van der Waals surface area (Å²) in [5.41, 5.74) is -0.0128. The molecular weight excluding hydrogens is 484 g/mol. The van der Waals surface area contributed by atoms with Crippen LogP contribution >= 0.6 is 0 Å². The van der Waals surface area contributed by atoms with Gasteiger partial charge < -0.3 is 19.3 Å². The number of aliphatic hydroxyl groups is 1. The number of hydrogen-bond donors (Lipinski definition) is 1. The Kier molecular flexibility index (Phi) is 7.42. The first-order chi connectivity index (χ1) is 17.8. The number of carbonyl (C=O) groups is 2. The molecule has 1 aliphatic rings. The number of methoxy groups -OCH3 is 1. The largest absolute Gasteiger partial charge is 0.507 e. The minimum atomic E-state index is -1.25. The molecule has 0 radical (unpaired) electrons. The third kappa shape index (κ3) is 4.84. The molecule has 0 aromatic heterocycles. The molecule has 37 heavy (non-hydrogen) atoms. The van der Waals surface area contributed by atoms with Crippen LogP contribution in [0.15, 0.2) is 66.2 Å². The number of Topliss-reactive ketones (excluding diaryl/α,β-unsaturated/α-hetero) is 1. The minimum absolute atomic E-state index is 0.229. The number of amides is 1. The molecule has 3 aromatic rings. The molecular formula is C28H25F2NO6. The fourth-order valence-electron chi connectivity index (χ4n) is 4.26. The van der Waals surface area contributed by atoms with E-state index in [2.05, 4.69) is 0 Å². The molecule has 4 rings (SSSR count). The van der Waals surface area contributed by atoms with Gasteiger partial charge >= 0.3 is 0 Å². The lowest BCUT2D eigenvalue weighted by Crippen LogP contribution is -2.30. The van der Waals surface area contributed by atoms with Crippen LogP contribution in [0.25, 0.3) is 5.76 Å². The summed E-state index contributed by atoms with van der Waals surface area (Å²) in [6, 6.07) is 12.5. The number of hydrogen-bond acceptors (Lipinski definition) is 6. The van der Waals surface area contributed by atoms with Gasteiger partial charge in [0.1, 0.15) is 23.1 Å². The van der Waals surface area contributed by atoms with Gasteiger partial charge in [-0.3, -0.25) is 14.5 Å². The standard InChI is InChI=1S/C28H25F2NO6/c1-4-36-19-8-6-7-17(13-19)26(32)24-25(16-9-12-22(35-3)23(14-16)37-5-2)31(28(34)27(24)33)21-11-10-18(29)15-20(21)30/h6-15,25,32H,4-5H2,1-3H3/b26-24+. The summed E-state index contributed by atoms with van der Waals surface area (Å²) in [5.74, 6) is -3.28. The van der Waals surface area contributed by atoms with E-state index in [0.717, 1.165) is 17.0 Å². The Morgan fingerprint density at radius 1 is 0.946 bits per heavy atom. The van der Waals surface area contributed by atoms with Crippen molar-refractivity contribution in [2.75, 3.05) is 25.2 Å². The number of ether oxygens (including phenoxy) is 3. The Hall–Kier alpha value is -4.40. The molecule has 9 heteroatoms. The van der Waals surface area contributed by atoms with Crippen molar-refractivity contribution in [2.45, 2.75) is 19.9 Å². The number of benzene rings is 3. The molecule has 1 fully saturated rings. The van der Waals surface area contributed by atoms with E-state index < -0.39 is 35.1 Å². The number of aliphatic hydroxyl groups excluding tert-OH is 1. The lowest BCUT2D eigenvalue weighted by atomic mass is 9.94. The first-order valence-corrected chi connectivity index (χ1v) is 11.6. The van der Waals surface area contributed by atoms with Crippen LogP contribution in [-0.2, 0) is 9.59 Å². The maximum atomic E-state index is 14.9. The van der Waals surface area contributed by atoms with Crippen molar-refractivity contribution >= 4 is 23.1 Å². The first kappa shape index (κ1) is 25.7. The van der Waals surface area contributed by atoms with Gasteiger partial charge in [-0.1, -0.05) is 18.2 Å². The normalized spacial score (nSPS) is 16.7. The number of nitrogens with zero attached hydrogens (tertiary/aromatic N) is 1. The van der Waals surface area contributed by atoms with E-state index in [1.165, 1.54) is 13.2 Å². The van der Waals surface area contributed by atoms with Gasteiger partial charge in [-0.2, -0.15) is 0 Å². The van der Waals surface area contributed by atoms with Crippen LogP contribution < -0.4 is 19.1 Å². The van der Waals surface area contributed by atoms with Gasteiger partial charge in [0.15, 0.2) is 11.5 Å². The van der Waals surface area contributed by atoms with E-state index in [0.29, 0.717) is 42.1 Å².